The Labute approximate surface area is 185 Å². The molecule has 0 unspecified atom stereocenters. The van der Waals surface area contributed by atoms with Gasteiger partial charge >= 0.3 is 5.95 Å². The SMILES string of the molecule is Nc1n(/N=C/c2ccccc2)cc(-c2ccccc2)[n+]1CC(=O)c1ccccc1.[Br-]. The van der Waals surface area contributed by atoms with Crippen molar-refractivity contribution in [3.05, 3.63) is 108 Å². The number of benzene rings is 3. The second-order valence-corrected chi connectivity index (χ2v) is 6.61. The van der Waals surface area contributed by atoms with E-state index < -0.39 is 0 Å². The maximum absolute atomic E-state index is 12.8. The zero-order chi connectivity index (χ0) is 20.1. The number of rotatable bonds is 6. The Morgan fingerprint density at radius 2 is 1.47 bits per heavy atom. The molecule has 0 aliphatic heterocycles. The summed E-state index contributed by atoms with van der Waals surface area (Å²) in [4.78, 5) is 12.8. The number of ketones is 1. The van der Waals surface area contributed by atoms with Crippen LogP contribution < -0.4 is 27.3 Å². The summed E-state index contributed by atoms with van der Waals surface area (Å²) in [6, 6.07) is 28.9. The van der Waals surface area contributed by atoms with Crippen molar-refractivity contribution in [3.8, 4) is 11.3 Å². The van der Waals surface area contributed by atoms with Gasteiger partial charge in [0.15, 0.2) is 5.78 Å². The predicted molar refractivity (Wildman–Crippen MR) is 115 cm³/mol. The van der Waals surface area contributed by atoms with Crippen LogP contribution in [-0.4, -0.2) is 16.7 Å². The molecule has 2 N–H and O–H groups in total. The van der Waals surface area contributed by atoms with E-state index in [9.17, 15) is 4.79 Å². The summed E-state index contributed by atoms with van der Waals surface area (Å²) < 4.78 is 3.40. The Hall–Kier alpha value is -3.51. The van der Waals surface area contributed by atoms with Crippen LogP contribution in [0, 0.1) is 0 Å². The number of aromatic nitrogens is 2. The van der Waals surface area contributed by atoms with Crippen molar-refractivity contribution >= 4 is 17.9 Å². The molecule has 30 heavy (non-hydrogen) atoms. The lowest BCUT2D eigenvalue weighted by Crippen LogP contribution is -3.00. The van der Waals surface area contributed by atoms with Crippen molar-refractivity contribution in [2.24, 2.45) is 5.10 Å². The van der Waals surface area contributed by atoms with E-state index in [1.807, 2.05) is 97.2 Å². The molecule has 1 aromatic heterocycles. The summed E-state index contributed by atoms with van der Waals surface area (Å²) in [5, 5.41) is 4.50. The number of nitrogens with two attached hydrogens (primary N) is 1. The number of nitrogens with zero attached hydrogens (tertiary/aromatic N) is 3. The minimum Gasteiger partial charge on any atom is -1.00 e. The van der Waals surface area contributed by atoms with E-state index in [1.54, 1.807) is 15.5 Å². The molecule has 3 aromatic carbocycles. The van der Waals surface area contributed by atoms with Crippen LogP contribution in [0.15, 0.2) is 102 Å². The first-order chi connectivity index (χ1) is 14.2. The second kappa shape index (κ2) is 9.80. The molecule has 4 rings (SSSR count). The fourth-order valence-electron chi connectivity index (χ4n) is 3.12. The van der Waals surface area contributed by atoms with Crippen LogP contribution >= 0.6 is 0 Å². The number of carbonyl (C=O) groups is 1. The third kappa shape index (κ3) is 4.72. The second-order valence-electron chi connectivity index (χ2n) is 6.61. The van der Waals surface area contributed by atoms with Crippen LogP contribution in [0.2, 0.25) is 0 Å². The molecule has 0 atom stereocenters. The topological polar surface area (TPSA) is 64.3 Å². The third-order valence-corrected chi connectivity index (χ3v) is 4.64. The van der Waals surface area contributed by atoms with Gasteiger partial charge in [0.05, 0.1) is 6.21 Å². The van der Waals surface area contributed by atoms with Gasteiger partial charge in [-0.05, 0) is 5.56 Å². The normalized spacial score (nSPS) is 10.7. The maximum Gasteiger partial charge on any atom is 0.380 e. The molecule has 0 fully saturated rings. The van der Waals surface area contributed by atoms with Gasteiger partial charge < -0.3 is 17.0 Å². The lowest BCUT2D eigenvalue weighted by Gasteiger charge is -2.04. The van der Waals surface area contributed by atoms with Crippen molar-refractivity contribution in [1.29, 1.82) is 0 Å². The monoisotopic (exact) mass is 460 g/mol. The number of halogens is 1. The predicted octanol–water partition coefficient (Wildman–Crippen LogP) is 0.794. The molecule has 1 heterocycles. The van der Waals surface area contributed by atoms with E-state index in [-0.39, 0.29) is 29.3 Å². The van der Waals surface area contributed by atoms with Crippen molar-refractivity contribution in [1.82, 2.24) is 4.68 Å². The number of anilines is 1. The number of hydrogen-bond donors (Lipinski definition) is 1. The Morgan fingerprint density at radius 3 is 2.10 bits per heavy atom. The minimum absolute atomic E-state index is 0. The van der Waals surface area contributed by atoms with E-state index in [1.165, 1.54) is 0 Å². The fraction of sp³-hybridized carbons (Fsp3) is 0.0417. The molecule has 6 heteroatoms. The molecular weight excluding hydrogens is 440 g/mol. The lowest BCUT2D eigenvalue weighted by molar-refractivity contribution is -0.657. The minimum atomic E-state index is -0.00994. The summed E-state index contributed by atoms with van der Waals surface area (Å²) in [7, 11) is 0. The van der Waals surface area contributed by atoms with Gasteiger partial charge in [-0.25, -0.2) is 4.57 Å². The highest BCUT2D eigenvalue weighted by Gasteiger charge is 2.23. The van der Waals surface area contributed by atoms with Gasteiger partial charge in [-0.2, -0.15) is 0 Å². The van der Waals surface area contributed by atoms with Gasteiger partial charge in [0, 0.05) is 11.1 Å². The van der Waals surface area contributed by atoms with E-state index in [4.69, 9.17) is 5.73 Å². The summed E-state index contributed by atoms with van der Waals surface area (Å²) in [6.07, 6.45) is 3.59. The molecule has 150 valence electrons. The summed E-state index contributed by atoms with van der Waals surface area (Å²) in [5.41, 5.74) is 9.81. The maximum atomic E-state index is 12.8. The number of imidazole rings is 1. The Balaban J connectivity index is 0.00000256. The van der Waals surface area contributed by atoms with Crippen LogP contribution in [0.4, 0.5) is 5.95 Å². The Morgan fingerprint density at radius 1 is 0.900 bits per heavy atom. The fourth-order valence-corrected chi connectivity index (χ4v) is 3.12. The third-order valence-electron chi connectivity index (χ3n) is 4.64. The molecule has 0 radical (unpaired) electrons. The molecule has 0 spiro atoms. The smallest absolute Gasteiger partial charge is 0.380 e. The molecular formula is C24H21BrN4O. The molecule has 0 aliphatic rings. The molecule has 4 aromatic rings. The van der Waals surface area contributed by atoms with Crippen molar-refractivity contribution in [3.63, 3.8) is 0 Å². The van der Waals surface area contributed by atoms with E-state index in [0.29, 0.717) is 11.5 Å². The largest absolute Gasteiger partial charge is 1.00 e. The zero-order valence-corrected chi connectivity index (χ0v) is 17.8. The highest BCUT2D eigenvalue weighted by molar-refractivity contribution is 5.95. The molecule has 0 aliphatic carbocycles. The Kier molecular flexibility index (Phi) is 6.93. The quantitative estimate of drug-likeness (QED) is 0.262. The molecule has 0 saturated carbocycles. The van der Waals surface area contributed by atoms with Crippen LogP contribution in [0.3, 0.4) is 0 Å². The van der Waals surface area contributed by atoms with Crippen LogP contribution in [0.1, 0.15) is 15.9 Å². The van der Waals surface area contributed by atoms with Gasteiger partial charge in [-0.15, -0.1) is 9.78 Å². The van der Waals surface area contributed by atoms with Gasteiger partial charge in [0.25, 0.3) is 0 Å². The number of Topliss-reactive ketones (excluding diaryl/α,β-unsaturated/α-hetero) is 1. The van der Waals surface area contributed by atoms with E-state index in [0.717, 1.165) is 16.8 Å². The van der Waals surface area contributed by atoms with Gasteiger partial charge in [-0.3, -0.25) is 10.5 Å². The zero-order valence-electron chi connectivity index (χ0n) is 16.2. The summed E-state index contributed by atoms with van der Waals surface area (Å²) in [6.45, 7) is 0.133. The molecule has 0 saturated heterocycles. The standard InChI is InChI=1S/C24H20N4O.BrH/c25-24-27(18-23(29)21-14-8-3-9-15-21)22(20-12-6-2-7-13-20)17-28(24)26-16-19-10-4-1-5-11-19;/h1-17,25H,18H2;1H/b26-16+;. The highest BCUT2D eigenvalue weighted by atomic mass is 79.9. The van der Waals surface area contributed by atoms with Crippen LogP contribution in [-0.2, 0) is 6.54 Å². The first-order valence-electron chi connectivity index (χ1n) is 9.36. The lowest BCUT2D eigenvalue weighted by atomic mass is 10.1. The number of nitrogen functional groups attached to an aromatic ring is 1. The Bertz CT molecular complexity index is 1140. The number of carbonyl (C=O) groups excluding carboxylic acids is 1. The van der Waals surface area contributed by atoms with E-state index >= 15 is 0 Å². The average molecular weight is 461 g/mol. The van der Waals surface area contributed by atoms with Gasteiger partial charge in [-0.1, -0.05) is 91.0 Å². The van der Waals surface area contributed by atoms with Crippen LogP contribution in [0.25, 0.3) is 11.3 Å². The summed E-state index contributed by atoms with van der Waals surface area (Å²) in [5.74, 6) is 0.379. The van der Waals surface area contributed by atoms with Gasteiger partial charge in [0.2, 0.25) is 0 Å². The first kappa shape index (κ1) is 21.2. The van der Waals surface area contributed by atoms with Crippen molar-refractivity contribution in [2.45, 2.75) is 6.54 Å². The first-order valence-corrected chi connectivity index (χ1v) is 9.36. The molecule has 0 bridgehead atoms. The van der Waals surface area contributed by atoms with Crippen molar-refractivity contribution in [2.75, 3.05) is 5.73 Å². The average Bonchev–Trinajstić information content (AvgIpc) is 3.09. The van der Waals surface area contributed by atoms with Crippen molar-refractivity contribution < 1.29 is 26.3 Å². The number of hydrogen-bond acceptors (Lipinski definition) is 3. The molecule has 5 nitrogen and oxygen atoms in total. The highest BCUT2D eigenvalue weighted by Crippen LogP contribution is 2.18. The summed E-state index contributed by atoms with van der Waals surface area (Å²) >= 11 is 0. The van der Waals surface area contributed by atoms with E-state index in [2.05, 4.69) is 5.10 Å². The van der Waals surface area contributed by atoms with Crippen LogP contribution in [0.5, 0.6) is 0 Å². The molecule has 0 amide bonds. The van der Waals surface area contributed by atoms with Gasteiger partial charge in [0.1, 0.15) is 18.4 Å².